The predicted octanol–water partition coefficient (Wildman–Crippen LogP) is 2.61. The van der Waals surface area contributed by atoms with E-state index in [1.807, 2.05) is 0 Å². The summed E-state index contributed by atoms with van der Waals surface area (Å²) in [5.41, 5.74) is 0.536. The molecule has 8 heteroatoms. The quantitative estimate of drug-likeness (QED) is 0.884. The number of para-hydroxylation sites is 1. The summed E-state index contributed by atoms with van der Waals surface area (Å²) in [6.45, 7) is 1.91. The largest absolute Gasteiger partial charge is 0.378 e. The SMILES string of the molecule is O=C(c1ccccc1NS(=O)(=O)c1cccc(Cl)c1)N1CCOCC1. The molecular formula is C17H17ClN2O4S. The molecule has 0 radical (unpaired) electrons. The topological polar surface area (TPSA) is 75.7 Å². The lowest BCUT2D eigenvalue weighted by atomic mass is 10.1. The van der Waals surface area contributed by atoms with E-state index in [4.69, 9.17) is 16.3 Å². The summed E-state index contributed by atoms with van der Waals surface area (Å²) >= 11 is 5.87. The van der Waals surface area contributed by atoms with Crippen LogP contribution in [0.2, 0.25) is 5.02 Å². The Kier molecular flexibility index (Phi) is 5.27. The number of carbonyl (C=O) groups is 1. The summed E-state index contributed by atoms with van der Waals surface area (Å²) in [6, 6.07) is 12.5. The number of benzene rings is 2. The van der Waals surface area contributed by atoms with Crippen molar-refractivity contribution >= 4 is 33.2 Å². The van der Waals surface area contributed by atoms with E-state index in [9.17, 15) is 13.2 Å². The lowest BCUT2D eigenvalue weighted by Crippen LogP contribution is -2.41. The fraction of sp³-hybridized carbons (Fsp3) is 0.235. The summed E-state index contributed by atoms with van der Waals surface area (Å²) in [5.74, 6) is -0.229. The first kappa shape index (κ1) is 17.7. The van der Waals surface area contributed by atoms with Crippen LogP contribution in [0, 0.1) is 0 Å². The van der Waals surface area contributed by atoms with Crippen molar-refractivity contribution in [1.82, 2.24) is 4.90 Å². The zero-order valence-corrected chi connectivity index (χ0v) is 14.9. The van der Waals surface area contributed by atoms with Crippen LogP contribution >= 0.6 is 11.6 Å². The maximum absolute atomic E-state index is 12.7. The van der Waals surface area contributed by atoms with Crippen LogP contribution in [0.1, 0.15) is 10.4 Å². The van der Waals surface area contributed by atoms with Crippen LogP contribution in [0.25, 0.3) is 0 Å². The van der Waals surface area contributed by atoms with Crippen molar-refractivity contribution in [1.29, 1.82) is 0 Å². The van der Waals surface area contributed by atoms with Crippen LogP contribution in [-0.4, -0.2) is 45.5 Å². The first-order chi connectivity index (χ1) is 12.0. The van der Waals surface area contributed by atoms with Crippen molar-refractivity contribution in [2.75, 3.05) is 31.0 Å². The average Bonchev–Trinajstić information content (AvgIpc) is 2.62. The summed E-state index contributed by atoms with van der Waals surface area (Å²) in [5, 5.41) is 0.320. The first-order valence-electron chi connectivity index (χ1n) is 7.72. The van der Waals surface area contributed by atoms with Gasteiger partial charge in [0.2, 0.25) is 0 Å². The Bertz CT molecular complexity index is 880. The molecule has 25 heavy (non-hydrogen) atoms. The Morgan fingerprint density at radius 3 is 2.52 bits per heavy atom. The number of anilines is 1. The molecule has 0 aromatic heterocycles. The third kappa shape index (κ3) is 4.12. The first-order valence-corrected chi connectivity index (χ1v) is 9.58. The molecular weight excluding hydrogens is 364 g/mol. The molecule has 2 aromatic carbocycles. The zero-order chi connectivity index (χ0) is 17.9. The van der Waals surface area contributed by atoms with Gasteiger partial charge in [0.15, 0.2) is 0 Å². The molecule has 3 rings (SSSR count). The molecule has 1 amide bonds. The van der Waals surface area contributed by atoms with Gasteiger partial charge in [0.25, 0.3) is 15.9 Å². The lowest BCUT2D eigenvalue weighted by Gasteiger charge is -2.27. The predicted molar refractivity (Wildman–Crippen MR) is 95.4 cm³/mol. The summed E-state index contributed by atoms with van der Waals surface area (Å²) in [7, 11) is -3.85. The molecule has 0 bridgehead atoms. The Balaban J connectivity index is 1.89. The molecule has 0 atom stereocenters. The van der Waals surface area contributed by atoms with Gasteiger partial charge in [-0.15, -0.1) is 0 Å². The van der Waals surface area contributed by atoms with Gasteiger partial charge >= 0.3 is 0 Å². The number of sulfonamides is 1. The molecule has 1 aliphatic heterocycles. The van der Waals surface area contributed by atoms with Gasteiger partial charge in [-0.3, -0.25) is 9.52 Å². The van der Waals surface area contributed by atoms with Gasteiger partial charge in [0, 0.05) is 18.1 Å². The molecule has 0 spiro atoms. The highest BCUT2D eigenvalue weighted by molar-refractivity contribution is 7.92. The van der Waals surface area contributed by atoms with Crippen molar-refractivity contribution in [2.24, 2.45) is 0 Å². The molecule has 1 fully saturated rings. The Labute approximate surface area is 151 Å². The number of amides is 1. The van der Waals surface area contributed by atoms with Gasteiger partial charge in [-0.2, -0.15) is 0 Å². The molecule has 6 nitrogen and oxygen atoms in total. The fourth-order valence-corrected chi connectivity index (χ4v) is 3.91. The molecule has 0 saturated carbocycles. The van der Waals surface area contributed by atoms with Crippen LogP contribution in [-0.2, 0) is 14.8 Å². The van der Waals surface area contributed by atoms with Gasteiger partial charge in [0.05, 0.1) is 29.4 Å². The molecule has 1 heterocycles. The van der Waals surface area contributed by atoms with E-state index in [-0.39, 0.29) is 16.5 Å². The van der Waals surface area contributed by atoms with E-state index in [1.54, 1.807) is 41.3 Å². The third-order valence-electron chi connectivity index (χ3n) is 3.81. The number of hydrogen-bond acceptors (Lipinski definition) is 4. The molecule has 132 valence electrons. The normalized spacial score (nSPS) is 15.0. The van der Waals surface area contributed by atoms with Crippen molar-refractivity contribution < 1.29 is 17.9 Å². The zero-order valence-electron chi connectivity index (χ0n) is 13.3. The number of carbonyl (C=O) groups excluding carboxylic acids is 1. The fourth-order valence-electron chi connectivity index (χ4n) is 2.53. The summed E-state index contributed by atoms with van der Waals surface area (Å²) < 4.78 is 32.9. The molecule has 2 aromatic rings. The lowest BCUT2D eigenvalue weighted by molar-refractivity contribution is 0.0303. The van der Waals surface area contributed by atoms with Crippen LogP contribution in [0.5, 0.6) is 0 Å². The number of morpholine rings is 1. The molecule has 0 aliphatic carbocycles. The van der Waals surface area contributed by atoms with Crippen LogP contribution in [0.3, 0.4) is 0 Å². The summed E-state index contributed by atoms with van der Waals surface area (Å²) in [4.78, 5) is 14.4. The maximum Gasteiger partial charge on any atom is 0.261 e. The van der Waals surface area contributed by atoms with Gasteiger partial charge in [-0.25, -0.2) is 8.42 Å². The van der Waals surface area contributed by atoms with Crippen molar-refractivity contribution in [3.63, 3.8) is 0 Å². The molecule has 1 aliphatic rings. The highest BCUT2D eigenvalue weighted by atomic mass is 35.5. The second kappa shape index (κ2) is 7.43. The summed E-state index contributed by atoms with van der Waals surface area (Å²) in [6.07, 6.45) is 0. The van der Waals surface area contributed by atoms with Gasteiger partial charge in [0.1, 0.15) is 0 Å². The number of rotatable bonds is 4. The maximum atomic E-state index is 12.7. The molecule has 1 N–H and O–H groups in total. The van der Waals surface area contributed by atoms with Gasteiger partial charge < -0.3 is 9.64 Å². The Hall–Kier alpha value is -2.09. The second-order valence-corrected chi connectivity index (χ2v) is 7.63. The third-order valence-corrected chi connectivity index (χ3v) is 5.40. The van der Waals surface area contributed by atoms with E-state index in [2.05, 4.69) is 4.72 Å². The van der Waals surface area contributed by atoms with Gasteiger partial charge in [-0.1, -0.05) is 29.8 Å². The van der Waals surface area contributed by atoms with E-state index in [0.717, 1.165) is 0 Å². The minimum Gasteiger partial charge on any atom is -0.378 e. The smallest absolute Gasteiger partial charge is 0.261 e. The van der Waals surface area contributed by atoms with Crippen molar-refractivity contribution in [3.05, 3.63) is 59.1 Å². The van der Waals surface area contributed by atoms with Crippen LogP contribution in [0.15, 0.2) is 53.4 Å². The van der Waals surface area contributed by atoms with E-state index < -0.39 is 10.0 Å². The van der Waals surface area contributed by atoms with Crippen LogP contribution < -0.4 is 4.72 Å². The van der Waals surface area contributed by atoms with E-state index in [0.29, 0.717) is 36.9 Å². The minimum atomic E-state index is -3.85. The molecule has 1 saturated heterocycles. The standard InChI is InChI=1S/C17H17ClN2O4S/c18-13-4-3-5-14(12-13)25(22,23)19-16-7-2-1-6-15(16)17(21)20-8-10-24-11-9-20/h1-7,12,19H,8-11H2. The Morgan fingerprint density at radius 2 is 1.80 bits per heavy atom. The number of halogens is 1. The van der Waals surface area contributed by atoms with Crippen molar-refractivity contribution in [2.45, 2.75) is 4.90 Å². The van der Waals surface area contributed by atoms with Gasteiger partial charge in [-0.05, 0) is 30.3 Å². The number of ether oxygens (including phenoxy) is 1. The average molecular weight is 381 g/mol. The minimum absolute atomic E-state index is 0.0358. The number of nitrogens with zero attached hydrogens (tertiary/aromatic N) is 1. The second-order valence-electron chi connectivity index (χ2n) is 5.51. The van der Waals surface area contributed by atoms with Crippen LogP contribution in [0.4, 0.5) is 5.69 Å². The van der Waals surface area contributed by atoms with E-state index >= 15 is 0 Å². The highest BCUT2D eigenvalue weighted by Gasteiger charge is 2.23. The Morgan fingerprint density at radius 1 is 1.08 bits per heavy atom. The number of nitrogens with one attached hydrogen (secondary N) is 1. The monoisotopic (exact) mass is 380 g/mol. The number of hydrogen-bond donors (Lipinski definition) is 1. The van der Waals surface area contributed by atoms with E-state index in [1.165, 1.54) is 12.1 Å². The van der Waals surface area contributed by atoms with Crippen molar-refractivity contribution in [3.8, 4) is 0 Å². The molecule has 0 unspecified atom stereocenters. The highest BCUT2D eigenvalue weighted by Crippen LogP contribution is 2.23.